The number of benzene rings is 1. The molecule has 2 heterocycles. The van der Waals surface area contributed by atoms with Gasteiger partial charge < -0.3 is 4.55 Å². The standard InChI is InChI=1S/C15H22ClNO6S2.C11H12ClN/c1-11-14(2,3)12-10-15(16,25(21,22)23)7-6-13(12)17(11)8-4-5-9-24(18,19)20;1-7-11(2,3)9-6-8(12)4-5-10(9)13-7/h6-7,10-11H,4-5,8-9H2,1-3H3,(H-,18,19,20,21,22,23);4-6H,1-3H3. The van der Waals surface area contributed by atoms with Crippen molar-refractivity contribution >= 4 is 60.5 Å². The van der Waals surface area contributed by atoms with Gasteiger partial charge in [0.2, 0.25) is 9.92 Å². The van der Waals surface area contributed by atoms with E-state index < -0.39 is 35.6 Å². The second-order valence-corrected chi connectivity index (χ2v) is 15.4. The van der Waals surface area contributed by atoms with Crippen molar-refractivity contribution in [3.8, 4) is 0 Å². The molecule has 2 unspecified atom stereocenters. The minimum atomic E-state index is -4.52. The molecule has 3 aliphatic rings. The van der Waals surface area contributed by atoms with Crippen molar-refractivity contribution in [2.75, 3.05) is 12.3 Å². The molecule has 1 aromatic rings. The number of halogens is 2. The summed E-state index contributed by atoms with van der Waals surface area (Å²) in [6, 6.07) is 5.88. The van der Waals surface area contributed by atoms with Crippen LogP contribution in [0.1, 0.15) is 59.9 Å². The summed E-state index contributed by atoms with van der Waals surface area (Å²) in [5.74, 6) is -0.403. The highest BCUT2D eigenvalue weighted by Gasteiger charge is 2.52. The van der Waals surface area contributed by atoms with Gasteiger partial charge in [-0.2, -0.15) is 8.42 Å². The zero-order valence-corrected chi connectivity index (χ0v) is 25.5. The van der Waals surface area contributed by atoms with Crippen LogP contribution in [0.3, 0.4) is 0 Å². The van der Waals surface area contributed by atoms with E-state index in [9.17, 15) is 25.9 Å². The molecule has 0 saturated carbocycles. The first-order valence-corrected chi connectivity index (χ1v) is 16.0. The molecule has 4 rings (SSSR count). The van der Waals surface area contributed by atoms with Crippen molar-refractivity contribution in [2.24, 2.45) is 10.4 Å². The topological polar surface area (TPSA) is 127 Å². The maximum atomic E-state index is 11.6. The van der Waals surface area contributed by atoms with E-state index in [2.05, 4.69) is 25.8 Å². The van der Waals surface area contributed by atoms with Crippen molar-refractivity contribution in [3.05, 3.63) is 52.6 Å². The number of fused-ring (bicyclic) bond motifs is 2. The maximum Gasteiger partial charge on any atom is 0.292 e. The number of hydrogen-bond donors (Lipinski definition) is 1. The van der Waals surface area contributed by atoms with E-state index in [1.165, 1.54) is 17.7 Å². The highest BCUT2D eigenvalue weighted by atomic mass is 35.5. The van der Waals surface area contributed by atoms with Gasteiger partial charge in [-0.05, 0) is 70.0 Å². The van der Waals surface area contributed by atoms with Crippen LogP contribution in [-0.2, 0) is 25.7 Å². The molecule has 0 fully saturated rings. The van der Waals surface area contributed by atoms with Gasteiger partial charge in [0, 0.05) is 40.0 Å². The molecule has 1 aliphatic carbocycles. The fourth-order valence-corrected chi connectivity index (χ4v) is 6.26. The lowest BCUT2D eigenvalue weighted by Crippen LogP contribution is -2.34. The van der Waals surface area contributed by atoms with E-state index in [0.717, 1.165) is 22.1 Å². The van der Waals surface area contributed by atoms with Gasteiger partial charge in [-0.3, -0.25) is 9.55 Å². The van der Waals surface area contributed by atoms with Crippen LogP contribution in [0.5, 0.6) is 0 Å². The van der Waals surface area contributed by atoms with Crippen molar-refractivity contribution < 1.29 is 30.5 Å². The summed E-state index contributed by atoms with van der Waals surface area (Å²) in [7, 11) is -8.74. The Hall–Kier alpha value is -1.56. The molecule has 2 aliphatic heterocycles. The van der Waals surface area contributed by atoms with Gasteiger partial charge in [-0.15, -0.1) is 0 Å². The molecular formula is C26H34Cl2N2O6S2. The number of nitrogens with zero attached hydrogens (tertiary/aromatic N) is 2. The minimum Gasteiger partial charge on any atom is -0.748 e. The van der Waals surface area contributed by atoms with Crippen LogP contribution in [0.2, 0.25) is 5.02 Å². The van der Waals surface area contributed by atoms with Gasteiger partial charge in [0.15, 0.2) is 6.04 Å². The molecular weight excluding hydrogens is 571 g/mol. The Kier molecular flexibility index (Phi) is 8.51. The van der Waals surface area contributed by atoms with Crippen LogP contribution in [-0.4, -0.2) is 64.5 Å². The largest absolute Gasteiger partial charge is 0.748 e. The summed E-state index contributed by atoms with van der Waals surface area (Å²) < 4.78 is 64.7. The lowest BCUT2D eigenvalue weighted by atomic mass is 9.77. The molecule has 2 atom stereocenters. The molecule has 1 aromatic carbocycles. The van der Waals surface area contributed by atoms with Gasteiger partial charge in [-0.25, -0.2) is 13.0 Å². The second-order valence-electron chi connectivity index (χ2n) is 11.0. The molecule has 38 heavy (non-hydrogen) atoms. The number of allylic oxidation sites excluding steroid dienone is 1. The second kappa shape index (κ2) is 10.4. The Morgan fingerprint density at radius 3 is 2.34 bits per heavy atom. The van der Waals surface area contributed by atoms with E-state index in [-0.39, 0.29) is 17.9 Å². The zero-order valence-electron chi connectivity index (χ0n) is 22.3. The van der Waals surface area contributed by atoms with Crippen molar-refractivity contribution in [1.29, 1.82) is 0 Å². The molecule has 0 amide bonds. The van der Waals surface area contributed by atoms with E-state index in [0.29, 0.717) is 18.5 Å². The molecule has 0 saturated heterocycles. The average Bonchev–Trinajstić information content (AvgIpc) is 3.11. The molecule has 0 aromatic heterocycles. The first-order valence-electron chi connectivity index (χ1n) is 12.2. The first kappa shape index (κ1) is 31.0. The van der Waals surface area contributed by atoms with Crippen LogP contribution in [0.4, 0.5) is 5.69 Å². The Morgan fingerprint density at radius 2 is 1.76 bits per heavy atom. The minimum absolute atomic E-state index is 0.00247. The summed E-state index contributed by atoms with van der Waals surface area (Å²) in [5.41, 5.74) is 4.58. The van der Waals surface area contributed by atoms with Gasteiger partial charge in [0.1, 0.15) is 6.54 Å². The third-order valence-corrected chi connectivity index (χ3v) is 10.8. The van der Waals surface area contributed by atoms with E-state index in [1.54, 1.807) is 6.08 Å². The van der Waals surface area contributed by atoms with Crippen molar-refractivity contribution in [3.63, 3.8) is 0 Å². The molecule has 0 radical (unpaired) electrons. The summed E-state index contributed by atoms with van der Waals surface area (Å²) in [6.45, 7) is 12.8. The van der Waals surface area contributed by atoms with Gasteiger partial charge in [0.25, 0.3) is 10.1 Å². The lowest BCUT2D eigenvalue weighted by molar-refractivity contribution is -0.565. The molecule has 210 valence electrons. The highest BCUT2D eigenvalue weighted by molar-refractivity contribution is 7.89. The normalized spacial score (nSPS) is 25.3. The molecule has 0 spiro atoms. The van der Waals surface area contributed by atoms with Crippen molar-refractivity contribution in [2.45, 2.75) is 70.0 Å². The third-order valence-electron chi connectivity index (χ3n) is 7.86. The summed E-state index contributed by atoms with van der Waals surface area (Å²) >= 11 is 12.0. The smallest absolute Gasteiger partial charge is 0.292 e. The predicted molar refractivity (Wildman–Crippen MR) is 152 cm³/mol. The quantitative estimate of drug-likeness (QED) is 0.205. The summed E-state index contributed by atoms with van der Waals surface area (Å²) in [5, 5.41) is 0.789. The third kappa shape index (κ3) is 6.10. The maximum absolute atomic E-state index is 11.6. The van der Waals surface area contributed by atoms with E-state index >= 15 is 0 Å². The van der Waals surface area contributed by atoms with Crippen molar-refractivity contribution in [1.82, 2.24) is 0 Å². The zero-order chi connectivity index (χ0) is 28.9. The Bertz CT molecular complexity index is 1470. The summed E-state index contributed by atoms with van der Waals surface area (Å²) in [6.07, 6.45) is 4.93. The Labute approximate surface area is 235 Å². The fourth-order valence-electron chi connectivity index (χ4n) is 4.85. The first-order chi connectivity index (χ1) is 17.2. The molecule has 1 N–H and O–H groups in total. The lowest BCUT2D eigenvalue weighted by Gasteiger charge is -2.26. The van der Waals surface area contributed by atoms with Crippen LogP contribution in [0, 0.1) is 5.41 Å². The predicted octanol–water partition coefficient (Wildman–Crippen LogP) is 5.24. The van der Waals surface area contributed by atoms with Crippen LogP contribution < -0.4 is 0 Å². The monoisotopic (exact) mass is 604 g/mol. The van der Waals surface area contributed by atoms with Crippen LogP contribution in [0.15, 0.2) is 47.0 Å². The van der Waals surface area contributed by atoms with Gasteiger partial charge in [-0.1, -0.05) is 37.0 Å². The fraction of sp³-hybridized carbons (Fsp3) is 0.538. The Morgan fingerprint density at radius 1 is 1.13 bits per heavy atom. The SMILES string of the molecule is CC1=Nc2ccc(Cl)cc2C1(C)C.CC1[N+](CCCCS(=O)(=O)[O-])=C2C=CC(Cl)(S(=O)(=O)O)C=C2C1(C)C. The molecule has 0 bridgehead atoms. The number of aliphatic imine (C=N–C) groups is 1. The average molecular weight is 606 g/mol. The molecule has 8 nitrogen and oxygen atoms in total. The Balaban J connectivity index is 0.000000256. The highest BCUT2D eigenvalue weighted by Crippen LogP contribution is 2.44. The number of unbranched alkanes of at least 4 members (excludes halogenated alkanes) is 1. The van der Waals surface area contributed by atoms with Crippen LogP contribution in [0.25, 0.3) is 0 Å². The van der Waals surface area contributed by atoms with Gasteiger partial charge >= 0.3 is 0 Å². The summed E-state index contributed by atoms with van der Waals surface area (Å²) in [4.78, 5) is 4.50. The number of rotatable bonds is 6. The van der Waals surface area contributed by atoms with E-state index in [4.69, 9.17) is 23.2 Å². The number of hydrogen-bond acceptors (Lipinski definition) is 6. The van der Waals surface area contributed by atoms with E-state index in [1.807, 2.05) is 43.5 Å². The van der Waals surface area contributed by atoms with Crippen LogP contribution >= 0.6 is 23.2 Å². The number of alkyl halides is 1. The van der Waals surface area contributed by atoms with Gasteiger partial charge in [0.05, 0.1) is 21.2 Å². The molecule has 12 heteroatoms.